The molecule has 1 aromatic heterocycles. The van der Waals surface area contributed by atoms with Crippen LogP contribution < -0.4 is 5.73 Å². The van der Waals surface area contributed by atoms with E-state index in [2.05, 4.69) is 23.5 Å². The molecule has 0 aliphatic heterocycles. The minimum absolute atomic E-state index is 0.0709. The van der Waals surface area contributed by atoms with Crippen molar-refractivity contribution < 1.29 is 4.92 Å². The maximum atomic E-state index is 10.9. The normalized spacial score (nSPS) is 31.6. The van der Waals surface area contributed by atoms with Gasteiger partial charge in [-0.1, -0.05) is 19.8 Å². The molecule has 1 aromatic rings. The third-order valence-electron chi connectivity index (χ3n) is 6.53. The monoisotopic (exact) mass is 348 g/mol. The molecule has 0 saturated heterocycles. The van der Waals surface area contributed by atoms with Crippen molar-refractivity contribution in [2.75, 3.05) is 0 Å². The predicted octanol–water partition coefficient (Wildman–Crippen LogP) is 3.94. The van der Waals surface area contributed by atoms with Gasteiger partial charge in [-0.15, -0.1) is 0 Å². The molecule has 3 rings (SSSR count). The van der Waals surface area contributed by atoms with E-state index in [1.807, 2.05) is 6.20 Å². The Labute approximate surface area is 150 Å². The zero-order chi connectivity index (χ0) is 18.0. The number of imidazole rings is 1. The lowest BCUT2D eigenvalue weighted by Crippen LogP contribution is -2.28. The molecule has 0 bridgehead atoms. The average Bonchev–Trinajstić information content (AvgIpc) is 2.98. The fourth-order valence-electron chi connectivity index (χ4n) is 4.77. The van der Waals surface area contributed by atoms with Gasteiger partial charge in [0.2, 0.25) is 6.04 Å². The van der Waals surface area contributed by atoms with Crippen LogP contribution in [0.25, 0.3) is 0 Å². The summed E-state index contributed by atoms with van der Waals surface area (Å²) >= 11 is 0. The highest BCUT2D eigenvalue weighted by molar-refractivity contribution is 5.13. The number of rotatable bonds is 5. The number of hydrogen-bond acceptors (Lipinski definition) is 4. The van der Waals surface area contributed by atoms with Gasteiger partial charge in [-0.25, -0.2) is 4.98 Å². The van der Waals surface area contributed by atoms with Crippen molar-refractivity contribution in [1.82, 2.24) is 9.55 Å². The molecule has 0 unspecified atom stereocenters. The molecule has 140 valence electrons. The van der Waals surface area contributed by atoms with Crippen molar-refractivity contribution in [2.24, 2.45) is 24.6 Å². The van der Waals surface area contributed by atoms with Crippen LogP contribution in [0.2, 0.25) is 0 Å². The van der Waals surface area contributed by atoms with Crippen LogP contribution in [0.5, 0.6) is 0 Å². The lowest BCUT2D eigenvalue weighted by atomic mass is 9.81. The molecule has 6 heteroatoms. The van der Waals surface area contributed by atoms with Gasteiger partial charge in [0.1, 0.15) is 5.82 Å². The fraction of sp³-hybridized carbons (Fsp3) is 0.842. The van der Waals surface area contributed by atoms with Gasteiger partial charge in [-0.05, 0) is 43.9 Å². The molecule has 2 fully saturated rings. The van der Waals surface area contributed by atoms with Crippen molar-refractivity contribution in [3.8, 4) is 0 Å². The van der Waals surface area contributed by atoms with Gasteiger partial charge in [-0.3, -0.25) is 10.1 Å². The summed E-state index contributed by atoms with van der Waals surface area (Å²) in [4.78, 5) is 15.4. The first-order chi connectivity index (χ1) is 12.0. The van der Waals surface area contributed by atoms with Crippen molar-refractivity contribution in [2.45, 2.75) is 82.7 Å². The second kappa shape index (κ2) is 7.85. The molecule has 2 N–H and O–H groups in total. The molecule has 25 heavy (non-hydrogen) atoms. The summed E-state index contributed by atoms with van der Waals surface area (Å²) in [6, 6.07) is -0.417. The molecular weight excluding hydrogens is 316 g/mol. The molecule has 2 aliphatic rings. The number of hydrogen-bond donors (Lipinski definition) is 1. The number of aromatic nitrogens is 2. The standard InChI is InChI=1S/C19H32N4O2/c1-13-3-7-15(8-4-13)18-12-21-19(22(18)2)17(20)11-14-5-9-16(10-6-14)23(24)25/h12-17H,3-11,20H2,1-2H3/t13?,14?,15?,16?,17-/m0/s1. The predicted molar refractivity (Wildman–Crippen MR) is 97.9 cm³/mol. The first-order valence-electron chi connectivity index (χ1n) is 9.86. The summed E-state index contributed by atoms with van der Waals surface area (Å²) in [6.45, 7) is 2.34. The molecular formula is C19H32N4O2. The van der Waals surface area contributed by atoms with Crippen LogP contribution in [0.1, 0.15) is 88.2 Å². The van der Waals surface area contributed by atoms with Gasteiger partial charge in [0, 0.05) is 42.6 Å². The molecule has 0 spiro atoms. The van der Waals surface area contributed by atoms with E-state index in [9.17, 15) is 10.1 Å². The van der Waals surface area contributed by atoms with Gasteiger partial charge in [0.05, 0.1) is 6.04 Å². The van der Waals surface area contributed by atoms with Crippen LogP contribution in [0, 0.1) is 22.0 Å². The summed E-state index contributed by atoms with van der Waals surface area (Å²) in [6.07, 6.45) is 11.2. The van der Waals surface area contributed by atoms with Gasteiger partial charge in [0.25, 0.3) is 0 Å². The Kier molecular flexibility index (Phi) is 5.77. The maximum Gasteiger partial charge on any atom is 0.213 e. The zero-order valence-corrected chi connectivity index (χ0v) is 15.6. The van der Waals surface area contributed by atoms with Crippen molar-refractivity contribution in [1.29, 1.82) is 0 Å². The maximum absolute atomic E-state index is 10.9. The van der Waals surface area contributed by atoms with Crippen LogP contribution in [-0.2, 0) is 7.05 Å². The fourth-order valence-corrected chi connectivity index (χ4v) is 4.77. The van der Waals surface area contributed by atoms with Gasteiger partial charge < -0.3 is 10.3 Å². The summed E-state index contributed by atoms with van der Waals surface area (Å²) in [5.74, 6) is 2.93. The molecule has 0 aromatic carbocycles. The summed E-state index contributed by atoms with van der Waals surface area (Å²) in [5.41, 5.74) is 7.80. The van der Waals surface area contributed by atoms with E-state index in [0.717, 1.165) is 31.0 Å². The highest BCUT2D eigenvalue weighted by atomic mass is 16.6. The van der Waals surface area contributed by atoms with E-state index in [1.54, 1.807) is 0 Å². The van der Waals surface area contributed by atoms with Crippen LogP contribution in [0.4, 0.5) is 0 Å². The summed E-state index contributed by atoms with van der Waals surface area (Å²) in [7, 11) is 2.10. The quantitative estimate of drug-likeness (QED) is 0.645. The Bertz CT molecular complexity index is 584. The Morgan fingerprint density at radius 2 is 1.88 bits per heavy atom. The average molecular weight is 348 g/mol. The van der Waals surface area contributed by atoms with Gasteiger partial charge in [-0.2, -0.15) is 0 Å². The minimum atomic E-state index is -0.346. The molecule has 2 aliphatic carbocycles. The van der Waals surface area contributed by atoms with Gasteiger partial charge >= 0.3 is 0 Å². The molecule has 0 radical (unpaired) electrons. The van der Waals surface area contributed by atoms with Crippen LogP contribution in [-0.4, -0.2) is 20.5 Å². The minimum Gasteiger partial charge on any atom is -0.334 e. The highest BCUT2D eigenvalue weighted by Gasteiger charge is 2.30. The van der Waals surface area contributed by atoms with E-state index in [1.165, 1.54) is 31.4 Å². The first-order valence-corrected chi connectivity index (χ1v) is 9.86. The van der Waals surface area contributed by atoms with Crippen molar-refractivity contribution >= 4 is 0 Å². The van der Waals surface area contributed by atoms with E-state index >= 15 is 0 Å². The largest absolute Gasteiger partial charge is 0.334 e. The van der Waals surface area contributed by atoms with Crippen LogP contribution in [0.15, 0.2) is 6.20 Å². The van der Waals surface area contributed by atoms with E-state index in [0.29, 0.717) is 24.7 Å². The second-order valence-electron chi connectivity index (χ2n) is 8.36. The number of nitro groups is 1. The highest BCUT2D eigenvalue weighted by Crippen LogP contribution is 2.37. The van der Waals surface area contributed by atoms with Crippen molar-refractivity contribution in [3.63, 3.8) is 0 Å². The number of nitrogens with two attached hydrogens (primary N) is 1. The van der Waals surface area contributed by atoms with Crippen LogP contribution >= 0.6 is 0 Å². The smallest absolute Gasteiger partial charge is 0.213 e. The Morgan fingerprint density at radius 3 is 2.48 bits per heavy atom. The van der Waals surface area contributed by atoms with Crippen molar-refractivity contribution in [3.05, 3.63) is 27.8 Å². The lowest BCUT2D eigenvalue weighted by Gasteiger charge is -2.28. The SMILES string of the molecule is CC1CCC(c2cnc([C@@H](N)CC3CCC([N+](=O)[O-])CC3)n2C)CC1. The molecule has 1 atom stereocenters. The molecule has 6 nitrogen and oxygen atoms in total. The Hall–Kier alpha value is -1.43. The van der Waals surface area contributed by atoms with E-state index < -0.39 is 0 Å². The summed E-state index contributed by atoms with van der Waals surface area (Å²) in [5, 5.41) is 10.9. The van der Waals surface area contributed by atoms with Crippen LogP contribution in [0.3, 0.4) is 0 Å². The summed E-state index contributed by atoms with van der Waals surface area (Å²) < 4.78 is 2.22. The topological polar surface area (TPSA) is 87.0 Å². The molecule has 2 saturated carbocycles. The zero-order valence-electron chi connectivity index (χ0n) is 15.6. The molecule has 0 amide bonds. The Morgan fingerprint density at radius 1 is 1.24 bits per heavy atom. The number of nitrogens with zero attached hydrogens (tertiary/aromatic N) is 3. The Balaban J connectivity index is 1.58. The lowest BCUT2D eigenvalue weighted by molar-refractivity contribution is -0.527. The van der Waals surface area contributed by atoms with E-state index in [4.69, 9.17) is 5.73 Å². The second-order valence-corrected chi connectivity index (χ2v) is 8.36. The van der Waals surface area contributed by atoms with E-state index in [-0.39, 0.29) is 17.0 Å². The first kappa shape index (κ1) is 18.4. The van der Waals surface area contributed by atoms with Gasteiger partial charge in [0.15, 0.2) is 0 Å². The third-order valence-corrected chi connectivity index (χ3v) is 6.53. The third kappa shape index (κ3) is 4.22. The molecule has 1 heterocycles.